The first-order chi connectivity index (χ1) is 33.6. The fourth-order valence-corrected chi connectivity index (χ4v) is 9.71. The van der Waals surface area contributed by atoms with Gasteiger partial charge in [0.1, 0.15) is 13.2 Å². The van der Waals surface area contributed by atoms with E-state index in [0.717, 1.165) is 75.5 Å². The Labute approximate surface area is 431 Å². The van der Waals surface area contributed by atoms with E-state index in [1.165, 1.54) is 231 Å². The Kier molecular flexibility index (Phi) is 52.9. The summed E-state index contributed by atoms with van der Waals surface area (Å²) in [6, 6.07) is 0. The fraction of sp³-hybridized carbons (Fsp3) is 0.952. The van der Waals surface area contributed by atoms with Crippen molar-refractivity contribution in [3.63, 3.8) is 0 Å². The average molecular weight is 976 g/mol. The van der Waals surface area contributed by atoms with Crippen LogP contribution in [-0.2, 0) is 28.6 Å². The van der Waals surface area contributed by atoms with Gasteiger partial charge in [-0.2, -0.15) is 0 Å². The Balaban J connectivity index is 4.28. The molecule has 0 spiro atoms. The number of hydrogen-bond acceptors (Lipinski definition) is 6. The third kappa shape index (κ3) is 57.2. The van der Waals surface area contributed by atoms with Crippen molar-refractivity contribution in [2.75, 3.05) is 13.2 Å². The molecule has 0 rings (SSSR count). The van der Waals surface area contributed by atoms with Gasteiger partial charge in [0.15, 0.2) is 6.10 Å². The van der Waals surface area contributed by atoms with E-state index in [9.17, 15) is 14.4 Å². The van der Waals surface area contributed by atoms with Crippen LogP contribution in [0.25, 0.3) is 0 Å². The van der Waals surface area contributed by atoms with Gasteiger partial charge in [0.05, 0.1) is 0 Å². The molecule has 0 amide bonds. The second kappa shape index (κ2) is 54.2. The lowest BCUT2D eigenvalue weighted by molar-refractivity contribution is -0.167. The SMILES string of the molecule is CC(C)CCCCCCCCCCCCCCCCCCC(=O)OC[C@H](COC(=O)CCCCCCCCCCCCCC(C)C)OC(=O)CCCCCCCCCCCCCCCCCC(C)C. The summed E-state index contributed by atoms with van der Waals surface area (Å²) in [6.07, 6.45) is 58.1. The van der Waals surface area contributed by atoms with Gasteiger partial charge in [-0.3, -0.25) is 14.4 Å². The van der Waals surface area contributed by atoms with E-state index in [4.69, 9.17) is 14.2 Å². The first kappa shape index (κ1) is 67.4. The topological polar surface area (TPSA) is 78.9 Å². The monoisotopic (exact) mass is 975 g/mol. The van der Waals surface area contributed by atoms with Gasteiger partial charge in [-0.05, 0) is 37.0 Å². The summed E-state index contributed by atoms with van der Waals surface area (Å²) in [5.74, 6) is 1.69. The Morgan fingerprint density at radius 1 is 0.246 bits per heavy atom. The lowest BCUT2D eigenvalue weighted by atomic mass is 10.0. The van der Waals surface area contributed by atoms with Crippen LogP contribution in [-0.4, -0.2) is 37.2 Å². The minimum atomic E-state index is -0.764. The third-order valence-electron chi connectivity index (χ3n) is 14.4. The molecule has 0 fully saturated rings. The predicted octanol–water partition coefficient (Wildman–Crippen LogP) is 20.7. The lowest BCUT2D eigenvalue weighted by Gasteiger charge is -2.18. The van der Waals surface area contributed by atoms with Gasteiger partial charge >= 0.3 is 17.9 Å². The zero-order chi connectivity index (χ0) is 50.5. The van der Waals surface area contributed by atoms with Crippen LogP contribution in [0.2, 0.25) is 0 Å². The Morgan fingerprint density at radius 3 is 0.623 bits per heavy atom. The van der Waals surface area contributed by atoms with E-state index in [1.54, 1.807) is 0 Å². The molecule has 0 aromatic heterocycles. The zero-order valence-electron chi connectivity index (χ0n) is 47.6. The number of carbonyl (C=O) groups excluding carboxylic acids is 3. The normalized spacial score (nSPS) is 12.1. The predicted molar refractivity (Wildman–Crippen MR) is 298 cm³/mol. The third-order valence-corrected chi connectivity index (χ3v) is 14.4. The van der Waals surface area contributed by atoms with Crippen molar-refractivity contribution in [1.29, 1.82) is 0 Å². The van der Waals surface area contributed by atoms with Gasteiger partial charge in [0.25, 0.3) is 0 Å². The van der Waals surface area contributed by atoms with E-state index in [2.05, 4.69) is 41.5 Å². The molecule has 6 nitrogen and oxygen atoms in total. The first-order valence-corrected chi connectivity index (χ1v) is 31.1. The van der Waals surface area contributed by atoms with Gasteiger partial charge in [0.2, 0.25) is 0 Å². The number of esters is 3. The van der Waals surface area contributed by atoms with Gasteiger partial charge in [-0.1, -0.05) is 311 Å². The molecule has 1 atom stereocenters. The summed E-state index contributed by atoms with van der Waals surface area (Å²) in [5.41, 5.74) is 0. The van der Waals surface area contributed by atoms with Gasteiger partial charge in [0, 0.05) is 19.3 Å². The standard InChI is InChI=1S/C63H122O6/c1-57(2)49-43-37-31-25-19-14-10-7-8-12-16-22-28-34-40-46-52-61(64)67-55-60(56-68-62(65)53-47-41-35-29-24-18-21-27-33-39-45-51-59(5)6)69-63(66)54-48-42-36-30-23-17-13-9-11-15-20-26-32-38-44-50-58(3)4/h57-60H,7-56H2,1-6H3/t60-/m1/s1. The van der Waals surface area contributed by atoms with Crippen molar-refractivity contribution >= 4 is 17.9 Å². The lowest BCUT2D eigenvalue weighted by Crippen LogP contribution is -2.30. The maximum atomic E-state index is 12.9. The minimum Gasteiger partial charge on any atom is -0.462 e. The molecule has 0 bridgehead atoms. The Bertz CT molecular complexity index is 1070. The van der Waals surface area contributed by atoms with Crippen LogP contribution in [0.1, 0.15) is 350 Å². The van der Waals surface area contributed by atoms with Crippen molar-refractivity contribution < 1.29 is 28.6 Å². The Morgan fingerprint density at radius 2 is 0.420 bits per heavy atom. The fourth-order valence-electron chi connectivity index (χ4n) is 9.71. The summed E-state index contributed by atoms with van der Waals surface area (Å²) >= 11 is 0. The molecule has 0 aliphatic carbocycles. The van der Waals surface area contributed by atoms with Crippen molar-refractivity contribution in [1.82, 2.24) is 0 Å². The highest BCUT2D eigenvalue weighted by atomic mass is 16.6. The van der Waals surface area contributed by atoms with E-state index in [1.807, 2.05) is 0 Å². The molecule has 0 aliphatic heterocycles. The van der Waals surface area contributed by atoms with Gasteiger partial charge in [-0.25, -0.2) is 0 Å². The molecule has 0 aliphatic rings. The summed E-state index contributed by atoms with van der Waals surface area (Å²) in [6.45, 7) is 13.8. The molecule has 0 saturated carbocycles. The van der Waals surface area contributed by atoms with Gasteiger partial charge in [-0.15, -0.1) is 0 Å². The van der Waals surface area contributed by atoms with E-state index in [-0.39, 0.29) is 31.1 Å². The van der Waals surface area contributed by atoms with E-state index < -0.39 is 6.10 Å². The van der Waals surface area contributed by atoms with Crippen LogP contribution >= 0.6 is 0 Å². The molecule has 0 aromatic rings. The highest BCUT2D eigenvalue weighted by Gasteiger charge is 2.19. The molecule has 6 heteroatoms. The number of rotatable bonds is 56. The van der Waals surface area contributed by atoms with Crippen molar-refractivity contribution in [3.05, 3.63) is 0 Å². The van der Waals surface area contributed by atoms with Crippen LogP contribution in [0.4, 0.5) is 0 Å². The molecule has 69 heavy (non-hydrogen) atoms. The van der Waals surface area contributed by atoms with Crippen LogP contribution in [0.3, 0.4) is 0 Å². The van der Waals surface area contributed by atoms with Crippen LogP contribution in [0.15, 0.2) is 0 Å². The van der Waals surface area contributed by atoms with Crippen LogP contribution < -0.4 is 0 Å². The second-order valence-electron chi connectivity index (χ2n) is 23.1. The van der Waals surface area contributed by atoms with Crippen molar-refractivity contribution in [2.45, 2.75) is 356 Å². The number of ether oxygens (including phenoxy) is 3. The molecular weight excluding hydrogens is 853 g/mol. The maximum absolute atomic E-state index is 12.9. The van der Waals surface area contributed by atoms with E-state index >= 15 is 0 Å². The maximum Gasteiger partial charge on any atom is 0.306 e. The summed E-state index contributed by atoms with van der Waals surface area (Å²) < 4.78 is 16.9. The van der Waals surface area contributed by atoms with Crippen LogP contribution in [0, 0.1) is 17.8 Å². The molecular formula is C63H122O6. The van der Waals surface area contributed by atoms with Gasteiger partial charge < -0.3 is 14.2 Å². The minimum absolute atomic E-state index is 0.0628. The molecule has 0 saturated heterocycles. The molecule has 0 heterocycles. The first-order valence-electron chi connectivity index (χ1n) is 31.1. The average Bonchev–Trinajstić information content (AvgIpc) is 3.31. The number of hydrogen-bond donors (Lipinski definition) is 0. The highest BCUT2D eigenvalue weighted by Crippen LogP contribution is 2.19. The smallest absolute Gasteiger partial charge is 0.306 e. The Hall–Kier alpha value is -1.59. The molecule has 0 N–H and O–H groups in total. The summed E-state index contributed by atoms with van der Waals surface area (Å²) in [7, 11) is 0. The molecule has 0 aromatic carbocycles. The summed E-state index contributed by atoms with van der Waals surface area (Å²) in [4.78, 5) is 38.3. The van der Waals surface area contributed by atoms with Crippen LogP contribution in [0.5, 0.6) is 0 Å². The number of carbonyl (C=O) groups is 3. The van der Waals surface area contributed by atoms with Crippen molar-refractivity contribution in [3.8, 4) is 0 Å². The van der Waals surface area contributed by atoms with Crippen molar-refractivity contribution in [2.24, 2.45) is 17.8 Å². The quantitative estimate of drug-likeness (QED) is 0.0343. The van der Waals surface area contributed by atoms with E-state index in [0.29, 0.717) is 19.3 Å². The molecule has 0 unspecified atom stereocenters. The second-order valence-corrected chi connectivity index (χ2v) is 23.1. The molecule has 410 valence electrons. The number of unbranched alkanes of at least 4 members (excludes halogenated alkanes) is 39. The largest absolute Gasteiger partial charge is 0.462 e. The molecule has 0 radical (unpaired) electrons. The highest BCUT2D eigenvalue weighted by molar-refractivity contribution is 5.71. The summed E-state index contributed by atoms with van der Waals surface area (Å²) in [5, 5.41) is 0. The zero-order valence-corrected chi connectivity index (χ0v) is 47.6.